The minimum absolute atomic E-state index is 0.0194. The number of nitrogens with zero attached hydrogens (tertiary/aromatic N) is 1. The first kappa shape index (κ1) is 22.0. The molecule has 3 N–H and O–H groups in total. The first-order chi connectivity index (χ1) is 13.4. The van der Waals surface area contributed by atoms with Crippen molar-refractivity contribution in [2.75, 3.05) is 33.4 Å². The zero-order valence-corrected chi connectivity index (χ0v) is 17.7. The SMILES string of the molecule is CCNC(=O)C(C)(C)CNC(=NC)NCc1ccc(C)cc1OC1CCOC1. The fourth-order valence-electron chi connectivity index (χ4n) is 2.89. The first-order valence-corrected chi connectivity index (χ1v) is 9.92. The second-order valence-corrected chi connectivity index (χ2v) is 7.74. The fourth-order valence-corrected chi connectivity index (χ4v) is 2.89. The Morgan fingerprint density at radius 2 is 2.11 bits per heavy atom. The lowest BCUT2D eigenvalue weighted by Gasteiger charge is -2.25. The highest BCUT2D eigenvalue weighted by Crippen LogP contribution is 2.23. The number of amides is 1. The molecule has 0 aliphatic carbocycles. The lowest BCUT2D eigenvalue weighted by atomic mass is 9.92. The van der Waals surface area contributed by atoms with E-state index < -0.39 is 5.41 Å². The third-order valence-corrected chi connectivity index (χ3v) is 4.72. The second kappa shape index (κ2) is 10.3. The van der Waals surface area contributed by atoms with Crippen LogP contribution in [0.25, 0.3) is 0 Å². The highest BCUT2D eigenvalue weighted by atomic mass is 16.5. The summed E-state index contributed by atoms with van der Waals surface area (Å²) in [4.78, 5) is 16.4. The molecule has 0 spiro atoms. The molecule has 1 aromatic carbocycles. The lowest BCUT2D eigenvalue weighted by Crippen LogP contribution is -2.47. The van der Waals surface area contributed by atoms with E-state index in [1.807, 2.05) is 20.8 Å². The van der Waals surface area contributed by atoms with E-state index in [1.54, 1.807) is 7.05 Å². The number of hydrogen-bond acceptors (Lipinski definition) is 4. The van der Waals surface area contributed by atoms with Gasteiger partial charge in [0.25, 0.3) is 0 Å². The number of aryl methyl sites for hydroxylation is 1. The maximum absolute atomic E-state index is 12.1. The minimum atomic E-state index is -0.533. The number of rotatable bonds is 8. The summed E-state index contributed by atoms with van der Waals surface area (Å²) in [6.07, 6.45) is 1.02. The molecule has 1 unspecified atom stereocenters. The van der Waals surface area contributed by atoms with Crippen molar-refractivity contribution in [3.05, 3.63) is 29.3 Å². The molecule has 1 aliphatic heterocycles. The molecule has 0 bridgehead atoms. The third-order valence-electron chi connectivity index (χ3n) is 4.72. The average Bonchev–Trinajstić information content (AvgIpc) is 3.16. The summed E-state index contributed by atoms with van der Waals surface area (Å²) in [5, 5.41) is 9.42. The van der Waals surface area contributed by atoms with E-state index in [2.05, 4.69) is 46.1 Å². The van der Waals surface area contributed by atoms with Crippen LogP contribution < -0.4 is 20.7 Å². The van der Waals surface area contributed by atoms with Crippen molar-refractivity contribution in [2.45, 2.75) is 46.8 Å². The van der Waals surface area contributed by atoms with Crippen LogP contribution in [0.2, 0.25) is 0 Å². The normalized spacial score (nSPS) is 17.3. The van der Waals surface area contributed by atoms with Crippen LogP contribution in [0.4, 0.5) is 0 Å². The van der Waals surface area contributed by atoms with Crippen LogP contribution in [-0.4, -0.2) is 51.3 Å². The molecule has 1 aromatic rings. The van der Waals surface area contributed by atoms with E-state index in [9.17, 15) is 4.79 Å². The summed E-state index contributed by atoms with van der Waals surface area (Å²) in [5.74, 6) is 1.54. The predicted octanol–water partition coefficient (Wildman–Crippen LogP) is 1.99. The van der Waals surface area contributed by atoms with Crippen LogP contribution >= 0.6 is 0 Å². The maximum Gasteiger partial charge on any atom is 0.227 e. The zero-order valence-electron chi connectivity index (χ0n) is 17.7. The minimum Gasteiger partial charge on any atom is -0.488 e. The van der Waals surface area contributed by atoms with Crippen LogP contribution in [0.3, 0.4) is 0 Å². The summed E-state index contributed by atoms with van der Waals surface area (Å²) >= 11 is 0. The van der Waals surface area contributed by atoms with Gasteiger partial charge in [0, 0.05) is 38.7 Å². The molecule has 1 saturated heterocycles. The van der Waals surface area contributed by atoms with Crippen LogP contribution in [0.15, 0.2) is 23.2 Å². The Labute approximate surface area is 168 Å². The molecular weight excluding hydrogens is 356 g/mol. The van der Waals surface area contributed by atoms with Crippen LogP contribution in [0.1, 0.15) is 38.3 Å². The van der Waals surface area contributed by atoms with E-state index in [1.165, 1.54) is 0 Å². The Balaban J connectivity index is 1.95. The molecular formula is C21H34N4O3. The monoisotopic (exact) mass is 390 g/mol. The molecule has 0 saturated carbocycles. The van der Waals surface area contributed by atoms with Gasteiger partial charge < -0.3 is 25.4 Å². The number of aliphatic imine (C=N–C) groups is 1. The third kappa shape index (κ3) is 6.41. The highest BCUT2D eigenvalue weighted by Gasteiger charge is 2.27. The number of hydrogen-bond donors (Lipinski definition) is 3. The van der Waals surface area contributed by atoms with Gasteiger partial charge >= 0.3 is 0 Å². The predicted molar refractivity (Wildman–Crippen MR) is 112 cm³/mol. The van der Waals surface area contributed by atoms with Gasteiger partial charge in [-0.3, -0.25) is 9.79 Å². The van der Waals surface area contributed by atoms with Gasteiger partial charge in [0.2, 0.25) is 5.91 Å². The molecule has 28 heavy (non-hydrogen) atoms. The Hall–Kier alpha value is -2.28. The molecule has 1 aliphatic rings. The highest BCUT2D eigenvalue weighted by molar-refractivity contribution is 5.84. The summed E-state index contributed by atoms with van der Waals surface area (Å²) in [5.41, 5.74) is 1.68. The van der Waals surface area contributed by atoms with Crippen molar-refractivity contribution in [1.29, 1.82) is 0 Å². The lowest BCUT2D eigenvalue weighted by molar-refractivity contribution is -0.128. The number of benzene rings is 1. The summed E-state index contributed by atoms with van der Waals surface area (Å²) in [6.45, 7) is 10.9. The van der Waals surface area contributed by atoms with Gasteiger partial charge in [-0.1, -0.05) is 12.1 Å². The number of guanidine groups is 1. The molecule has 2 rings (SSSR count). The molecule has 1 atom stereocenters. The quantitative estimate of drug-likeness (QED) is 0.467. The number of carbonyl (C=O) groups excluding carboxylic acids is 1. The van der Waals surface area contributed by atoms with E-state index in [-0.39, 0.29) is 12.0 Å². The van der Waals surface area contributed by atoms with Gasteiger partial charge in [0.1, 0.15) is 11.9 Å². The van der Waals surface area contributed by atoms with Crippen molar-refractivity contribution in [3.63, 3.8) is 0 Å². The Bertz CT molecular complexity index is 682. The van der Waals surface area contributed by atoms with E-state index in [4.69, 9.17) is 9.47 Å². The van der Waals surface area contributed by atoms with Gasteiger partial charge in [0.05, 0.1) is 18.6 Å². The number of nitrogens with one attached hydrogen (secondary N) is 3. The Morgan fingerprint density at radius 3 is 2.75 bits per heavy atom. The van der Waals surface area contributed by atoms with Crippen molar-refractivity contribution in [1.82, 2.24) is 16.0 Å². The standard InChI is InChI=1S/C21H34N4O3/c1-6-23-19(26)21(3,4)14-25-20(22-5)24-12-16-8-7-15(2)11-18(16)28-17-9-10-27-13-17/h7-8,11,17H,6,9-10,12-14H2,1-5H3,(H,23,26)(H2,22,24,25). The average molecular weight is 391 g/mol. The molecule has 7 heteroatoms. The number of ether oxygens (including phenoxy) is 2. The van der Waals surface area contributed by atoms with Gasteiger partial charge in [-0.2, -0.15) is 0 Å². The Morgan fingerprint density at radius 1 is 1.32 bits per heavy atom. The van der Waals surface area contributed by atoms with Crippen molar-refractivity contribution < 1.29 is 14.3 Å². The number of carbonyl (C=O) groups is 1. The molecule has 156 valence electrons. The topological polar surface area (TPSA) is 84.0 Å². The van der Waals surface area contributed by atoms with E-state index >= 15 is 0 Å². The van der Waals surface area contributed by atoms with E-state index in [0.29, 0.717) is 32.2 Å². The summed E-state index contributed by atoms with van der Waals surface area (Å²) in [7, 11) is 1.72. The van der Waals surface area contributed by atoms with Crippen molar-refractivity contribution in [2.24, 2.45) is 10.4 Å². The molecule has 7 nitrogen and oxygen atoms in total. The molecule has 1 fully saturated rings. The summed E-state index contributed by atoms with van der Waals surface area (Å²) in [6, 6.07) is 6.20. The van der Waals surface area contributed by atoms with Crippen LogP contribution in [0.5, 0.6) is 5.75 Å². The van der Waals surface area contributed by atoms with Crippen molar-refractivity contribution >= 4 is 11.9 Å². The first-order valence-electron chi connectivity index (χ1n) is 9.92. The second-order valence-electron chi connectivity index (χ2n) is 7.74. The van der Waals surface area contributed by atoms with Gasteiger partial charge in [-0.25, -0.2) is 0 Å². The zero-order chi connectivity index (χ0) is 20.6. The van der Waals surface area contributed by atoms with Crippen LogP contribution in [0, 0.1) is 12.3 Å². The maximum atomic E-state index is 12.1. The fraction of sp³-hybridized carbons (Fsp3) is 0.619. The van der Waals surface area contributed by atoms with E-state index in [0.717, 1.165) is 29.9 Å². The Kier molecular flexibility index (Phi) is 8.11. The summed E-state index contributed by atoms with van der Waals surface area (Å²) < 4.78 is 11.6. The molecule has 1 heterocycles. The largest absolute Gasteiger partial charge is 0.488 e. The molecule has 0 radical (unpaired) electrons. The molecule has 1 amide bonds. The van der Waals surface area contributed by atoms with Crippen LogP contribution in [-0.2, 0) is 16.1 Å². The van der Waals surface area contributed by atoms with Gasteiger partial charge in [-0.05, 0) is 39.3 Å². The van der Waals surface area contributed by atoms with Gasteiger partial charge in [0.15, 0.2) is 5.96 Å². The smallest absolute Gasteiger partial charge is 0.227 e. The van der Waals surface area contributed by atoms with Crippen molar-refractivity contribution in [3.8, 4) is 5.75 Å². The van der Waals surface area contributed by atoms with Gasteiger partial charge in [-0.15, -0.1) is 0 Å². The molecule has 0 aromatic heterocycles.